The summed E-state index contributed by atoms with van der Waals surface area (Å²) >= 11 is 3.20. The van der Waals surface area contributed by atoms with Crippen LogP contribution < -0.4 is 0 Å². The summed E-state index contributed by atoms with van der Waals surface area (Å²) in [5.74, 6) is -1.15. The Bertz CT molecular complexity index is 662. The fourth-order valence-corrected chi connectivity index (χ4v) is 4.67. The molecular formula is C13H17BrN2O4S. The van der Waals surface area contributed by atoms with Crippen LogP contribution in [0.15, 0.2) is 27.6 Å². The highest BCUT2D eigenvalue weighted by molar-refractivity contribution is 9.10. The first-order chi connectivity index (χ1) is 9.73. The average Bonchev–Trinajstić information content (AvgIpc) is 2.41. The van der Waals surface area contributed by atoms with Crippen LogP contribution in [0.5, 0.6) is 0 Å². The fraction of sp³-hybridized carbons (Fsp3) is 0.462. The molecule has 0 aliphatic carbocycles. The van der Waals surface area contributed by atoms with E-state index >= 15 is 0 Å². The Balaban J connectivity index is 2.40. The Hall–Kier alpha value is -0.960. The molecule has 0 saturated carbocycles. The molecule has 1 unspecified atom stereocenters. The van der Waals surface area contributed by atoms with Crippen molar-refractivity contribution in [3.05, 3.63) is 28.2 Å². The van der Waals surface area contributed by atoms with E-state index in [1.54, 1.807) is 0 Å². The predicted octanol–water partition coefficient (Wildman–Crippen LogP) is 1.47. The molecule has 1 aliphatic heterocycles. The number of carboxylic acid groups (broad SMARTS) is 1. The van der Waals surface area contributed by atoms with Gasteiger partial charge >= 0.3 is 5.97 Å². The monoisotopic (exact) mass is 376 g/mol. The molecule has 2 rings (SSSR count). The second-order valence-electron chi connectivity index (χ2n) is 5.14. The smallest absolute Gasteiger partial charge is 0.335 e. The quantitative estimate of drug-likeness (QED) is 0.863. The molecule has 116 valence electrons. The van der Waals surface area contributed by atoms with Crippen molar-refractivity contribution in [3.63, 3.8) is 0 Å². The minimum atomic E-state index is -3.71. The van der Waals surface area contributed by atoms with Crippen LogP contribution in [0.1, 0.15) is 17.3 Å². The van der Waals surface area contributed by atoms with Gasteiger partial charge < -0.3 is 10.0 Å². The number of benzene rings is 1. The largest absolute Gasteiger partial charge is 0.478 e. The summed E-state index contributed by atoms with van der Waals surface area (Å²) < 4.78 is 27.2. The molecule has 21 heavy (non-hydrogen) atoms. The van der Waals surface area contributed by atoms with Crippen molar-refractivity contribution in [1.29, 1.82) is 0 Å². The van der Waals surface area contributed by atoms with E-state index in [0.717, 1.165) is 0 Å². The highest BCUT2D eigenvalue weighted by Gasteiger charge is 2.32. The molecule has 1 aliphatic rings. The van der Waals surface area contributed by atoms with Gasteiger partial charge in [-0.15, -0.1) is 0 Å². The van der Waals surface area contributed by atoms with Gasteiger partial charge in [0.15, 0.2) is 0 Å². The van der Waals surface area contributed by atoms with E-state index in [2.05, 4.69) is 20.8 Å². The number of rotatable bonds is 3. The molecular weight excluding hydrogens is 360 g/mol. The van der Waals surface area contributed by atoms with Crippen LogP contribution in [0.25, 0.3) is 0 Å². The third-order valence-electron chi connectivity index (χ3n) is 3.72. The molecule has 6 nitrogen and oxygen atoms in total. The average molecular weight is 377 g/mol. The summed E-state index contributed by atoms with van der Waals surface area (Å²) in [6, 6.07) is 4.15. The second-order valence-corrected chi connectivity index (χ2v) is 7.90. The topological polar surface area (TPSA) is 77.9 Å². The first kappa shape index (κ1) is 16.4. The molecule has 8 heteroatoms. The van der Waals surface area contributed by atoms with Gasteiger partial charge in [0.2, 0.25) is 10.0 Å². The minimum absolute atomic E-state index is 0.000784. The minimum Gasteiger partial charge on any atom is -0.478 e. The van der Waals surface area contributed by atoms with E-state index in [4.69, 9.17) is 5.11 Å². The van der Waals surface area contributed by atoms with E-state index in [1.165, 1.54) is 22.5 Å². The molecule has 1 saturated heterocycles. The first-order valence-corrected chi connectivity index (χ1v) is 8.70. The number of carboxylic acids is 1. The molecule has 0 bridgehead atoms. The van der Waals surface area contributed by atoms with Crippen molar-refractivity contribution < 1.29 is 18.3 Å². The number of aromatic carboxylic acids is 1. The summed E-state index contributed by atoms with van der Waals surface area (Å²) in [6.07, 6.45) is 0. The molecule has 0 aromatic heterocycles. The summed E-state index contributed by atoms with van der Waals surface area (Å²) in [7, 11) is -1.75. The van der Waals surface area contributed by atoms with Crippen molar-refractivity contribution in [2.24, 2.45) is 0 Å². The van der Waals surface area contributed by atoms with Crippen LogP contribution in [0.3, 0.4) is 0 Å². The third-order valence-corrected chi connectivity index (χ3v) is 6.58. The SMILES string of the molecule is CC1CN(S(=O)(=O)c2cc(C(=O)O)ccc2Br)CCN1C. The van der Waals surface area contributed by atoms with Gasteiger partial charge in [0, 0.05) is 30.1 Å². The third kappa shape index (κ3) is 3.28. The van der Waals surface area contributed by atoms with Gasteiger partial charge in [0.1, 0.15) is 0 Å². The Labute approximate surface area is 132 Å². The number of carbonyl (C=O) groups is 1. The number of halogens is 1. The van der Waals surface area contributed by atoms with Gasteiger partial charge in [-0.2, -0.15) is 4.31 Å². The fourth-order valence-electron chi connectivity index (χ4n) is 2.21. The highest BCUT2D eigenvalue weighted by Crippen LogP contribution is 2.27. The maximum absolute atomic E-state index is 12.7. The number of nitrogens with zero attached hydrogens (tertiary/aromatic N) is 2. The summed E-state index contributed by atoms with van der Waals surface area (Å²) in [5, 5.41) is 9.02. The van der Waals surface area contributed by atoms with Gasteiger partial charge in [-0.3, -0.25) is 0 Å². The normalized spacial score (nSPS) is 21.4. The maximum atomic E-state index is 12.7. The zero-order valence-electron chi connectivity index (χ0n) is 11.8. The molecule has 1 aromatic rings. The molecule has 0 amide bonds. The molecule has 1 atom stereocenters. The lowest BCUT2D eigenvalue weighted by Crippen LogP contribution is -2.51. The van der Waals surface area contributed by atoms with Gasteiger partial charge in [0.05, 0.1) is 10.5 Å². The highest BCUT2D eigenvalue weighted by atomic mass is 79.9. The standard InChI is InChI=1S/C13H17BrN2O4S/c1-9-8-16(6-5-15(9)2)21(19,20)12-7-10(13(17)18)3-4-11(12)14/h3-4,7,9H,5-6,8H2,1-2H3,(H,17,18). The van der Waals surface area contributed by atoms with Crippen LogP contribution in [0.2, 0.25) is 0 Å². The number of sulfonamides is 1. The molecule has 1 aromatic carbocycles. The van der Waals surface area contributed by atoms with Gasteiger partial charge in [-0.1, -0.05) is 0 Å². The molecule has 0 spiro atoms. The van der Waals surface area contributed by atoms with Crippen molar-refractivity contribution in [2.75, 3.05) is 26.7 Å². The first-order valence-electron chi connectivity index (χ1n) is 6.46. The Kier molecular flexibility index (Phi) is 4.72. The van der Waals surface area contributed by atoms with Gasteiger partial charge in [-0.05, 0) is 48.1 Å². The van der Waals surface area contributed by atoms with Crippen LogP contribution in [-0.2, 0) is 10.0 Å². The summed E-state index contributed by atoms with van der Waals surface area (Å²) in [5.41, 5.74) is -0.0426. The Morgan fingerprint density at radius 2 is 2.05 bits per heavy atom. The van der Waals surface area contributed by atoms with E-state index in [0.29, 0.717) is 24.1 Å². The van der Waals surface area contributed by atoms with Crippen molar-refractivity contribution >= 4 is 31.9 Å². The van der Waals surface area contributed by atoms with Crippen LogP contribution in [0, 0.1) is 0 Å². The zero-order chi connectivity index (χ0) is 15.8. The van der Waals surface area contributed by atoms with Crippen molar-refractivity contribution in [1.82, 2.24) is 9.21 Å². The van der Waals surface area contributed by atoms with E-state index in [9.17, 15) is 13.2 Å². The van der Waals surface area contributed by atoms with E-state index < -0.39 is 16.0 Å². The maximum Gasteiger partial charge on any atom is 0.335 e. The summed E-state index contributed by atoms with van der Waals surface area (Å²) in [6.45, 7) is 3.40. The lowest BCUT2D eigenvalue weighted by Gasteiger charge is -2.36. The lowest BCUT2D eigenvalue weighted by atomic mass is 10.2. The van der Waals surface area contributed by atoms with Crippen LogP contribution >= 0.6 is 15.9 Å². The van der Waals surface area contributed by atoms with Gasteiger partial charge in [0.25, 0.3) is 0 Å². The van der Waals surface area contributed by atoms with Gasteiger partial charge in [-0.25, -0.2) is 13.2 Å². The lowest BCUT2D eigenvalue weighted by molar-refractivity contribution is 0.0696. The zero-order valence-corrected chi connectivity index (χ0v) is 14.2. The Morgan fingerprint density at radius 1 is 1.38 bits per heavy atom. The number of hydrogen-bond donors (Lipinski definition) is 1. The summed E-state index contributed by atoms with van der Waals surface area (Å²) in [4.78, 5) is 13.1. The van der Waals surface area contributed by atoms with Crippen molar-refractivity contribution in [2.45, 2.75) is 17.9 Å². The molecule has 1 N–H and O–H groups in total. The van der Waals surface area contributed by atoms with Crippen LogP contribution in [-0.4, -0.2) is 61.4 Å². The number of hydrogen-bond acceptors (Lipinski definition) is 4. The molecule has 0 radical (unpaired) electrons. The second kappa shape index (κ2) is 6.04. The number of likely N-dealkylation sites (N-methyl/N-ethyl adjacent to an activating group) is 1. The van der Waals surface area contributed by atoms with Crippen molar-refractivity contribution in [3.8, 4) is 0 Å². The number of piperazine rings is 1. The van der Waals surface area contributed by atoms with E-state index in [1.807, 2.05) is 14.0 Å². The molecule has 1 fully saturated rings. The molecule has 1 heterocycles. The van der Waals surface area contributed by atoms with Crippen LogP contribution in [0.4, 0.5) is 0 Å². The predicted molar refractivity (Wildman–Crippen MR) is 82.0 cm³/mol. The van der Waals surface area contributed by atoms with E-state index in [-0.39, 0.29) is 16.5 Å². The Morgan fingerprint density at radius 3 is 2.62 bits per heavy atom.